The van der Waals surface area contributed by atoms with E-state index in [1.165, 1.54) is 4.68 Å². The van der Waals surface area contributed by atoms with Gasteiger partial charge >= 0.3 is 6.11 Å². The third-order valence-electron chi connectivity index (χ3n) is 2.04. The third-order valence-corrected chi connectivity index (χ3v) is 2.04. The number of halogens is 2. The van der Waals surface area contributed by atoms with Crippen molar-refractivity contribution >= 4 is 0 Å². The van der Waals surface area contributed by atoms with Gasteiger partial charge in [0.1, 0.15) is 5.69 Å². The number of ether oxygens (including phenoxy) is 1. The molecule has 0 radical (unpaired) electrons. The van der Waals surface area contributed by atoms with Crippen molar-refractivity contribution in [2.45, 2.75) is 19.6 Å². The molecule has 0 unspecified atom stereocenters. The van der Waals surface area contributed by atoms with Crippen LogP contribution in [-0.4, -0.2) is 21.1 Å². The van der Waals surface area contributed by atoms with Crippen LogP contribution in [0.1, 0.15) is 12.6 Å². The number of alkyl halides is 2. The van der Waals surface area contributed by atoms with Crippen molar-refractivity contribution in [1.29, 1.82) is 0 Å². The third kappa shape index (κ3) is 3.32. The molecule has 1 aromatic heterocycles. The number of rotatable bonds is 4. The molecule has 4 nitrogen and oxygen atoms in total. The minimum absolute atomic E-state index is 0.268. The van der Waals surface area contributed by atoms with E-state index in [0.717, 1.165) is 5.69 Å². The second kappa shape index (κ2) is 4.58. The Morgan fingerprint density at radius 1 is 1.29 bits per heavy atom. The predicted molar refractivity (Wildman–Crippen MR) is 56.8 cm³/mol. The highest BCUT2D eigenvalue weighted by Gasteiger charge is 2.22. The SMILES string of the molecule is CC(F)(F)OCc1cn(-c2ccccc2)nn1. The number of hydrogen-bond donors (Lipinski definition) is 0. The molecule has 0 amide bonds. The zero-order valence-electron chi connectivity index (χ0n) is 9.18. The largest absolute Gasteiger partial charge is 0.353 e. The Labute approximate surface area is 96.8 Å². The normalized spacial score (nSPS) is 11.7. The van der Waals surface area contributed by atoms with Crippen LogP contribution in [0.3, 0.4) is 0 Å². The van der Waals surface area contributed by atoms with Gasteiger partial charge in [-0.15, -0.1) is 5.10 Å². The van der Waals surface area contributed by atoms with E-state index in [-0.39, 0.29) is 6.61 Å². The Hall–Kier alpha value is -1.82. The van der Waals surface area contributed by atoms with E-state index in [4.69, 9.17) is 0 Å². The molecule has 6 heteroatoms. The van der Waals surface area contributed by atoms with E-state index in [0.29, 0.717) is 12.6 Å². The van der Waals surface area contributed by atoms with E-state index >= 15 is 0 Å². The summed E-state index contributed by atoms with van der Waals surface area (Å²) in [5.41, 5.74) is 1.17. The van der Waals surface area contributed by atoms with Gasteiger partial charge in [-0.3, -0.25) is 0 Å². The van der Waals surface area contributed by atoms with E-state index in [1.54, 1.807) is 6.20 Å². The fraction of sp³-hybridized carbons (Fsp3) is 0.273. The maximum atomic E-state index is 12.5. The molecule has 0 bridgehead atoms. The van der Waals surface area contributed by atoms with Gasteiger partial charge in [-0.1, -0.05) is 23.4 Å². The molecule has 2 aromatic rings. The first kappa shape index (κ1) is 11.7. The molecular weight excluding hydrogens is 228 g/mol. The van der Waals surface area contributed by atoms with Gasteiger partial charge in [0.25, 0.3) is 0 Å². The van der Waals surface area contributed by atoms with Crippen LogP contribution in [-0.2, 0) is 11.3 Å². The molecule has 0 saturated carbocycles. The van der Waals surface area contributed by atoms with Crippen molar-refractivity contribution in [1.82, 2.24) is 15.0 Å². The van der Waals surface area contributed by atoms with Gasteiger partial charge < -0.3 is 4.74 Å². The van der Waals surface area contributed by atoms with E-state index in [1.807, 2.05) is 30.3 Å². The topological polar surface area (TPSA) is 39.9 Å². The van der Waals surface area contributed by atoms with Gasteiger partial charge in [0.05, 0.1) is 18.5 Å². The molecular formula is C11H11F2N3O. The number of nitrogens with zero attached hydrogens (tertiary/aromatic N) is 3. The van der Waals surface area contributed by atoms with Gasteiger partial charge in [-0.05, 0) is 12.1 Å². The van der Waals surface area contributed by atoms with Crippen LogP contribution in [0, 0.1) is 0 Å². The van der Waals surface area contributed by atoms with Crippen molar-refractivity contribution in [3.05, 3.63) is 42.2 Å². The van der Waals surface area contributed by atoms with Crippen LogP contribution < -0.4 is 0 Å². The van der Waals surface area contributed by atoms with Gasteiger partial charge in [0.2, 0.25) is 0 Å². The molecule has 2 rings (SSSR count). The van der Waals surface area contributed by atoms with Crippen LogP contribution in [0.4, 0.5) is 8.78 Å². The molecule has 0 N–H and O–H groups in total. The van der Waals surface area contributed by atoms with E-state index < -0.39 is 6.11 Å². The predicted octanol–water partition coefficient (Wildman–Crippen LogP) is 2.40. The Morgan fingerprint density at radius 2 is 2.00 bits per heavy atom. The molecule has 1 heterocycles. The van der Waals surface area contributed by atoms with Gasteiger partial charge in [-0.25, -0.2) is 4.68 Å². The van der Waals surface area contributed by atoms with Gasteiger partial charge in [-0.2, -0.15) is 8.78 Å². The van der Waals surface area contributed by atoms with Crippen molar-refractivity contribution < 1.29 is 13.5 Å². The van der Waals surface area contributed by atoms with Crippen molar-refractivity contribution in [2.24, 2.45) is 0 Å². The Morgan fingerprint density at radius 3 is 2.65 bits per heavy atom. The van der Waals surface area contributed by atoms with Gasteiger partial charge in [0.15, 0.2) is 0 Å². The van der Waals surface area contributed by atoms with Crippen molar-refractivity contribution in [3.8, 4) is 5.69 Å². The Kier molecular flexibility index (Phi) is 3.14. The number of para-hydroxylation sites is 1. The monoisotopic (exact) mass is 239 g/mol. The molecule has 0 aliphatic rings. The molecule has 0 fully saturated rings. The minimum atomic E-state index is -3.16. The summed E-state index contributed by atoms with van der Waals surface area (Å²) in [6, 6.07) is 9.27. The Balaban J connectivity index is 2.07. The molecule has 90 valence electrons. The molecule has 1 aromatic carbocycles. The molecule has 0 aliphatic heterocycles. The number of benzene rings is 1. The lowest BCUT2D eigenvalue weighted by Gasteiger charge is -2.08. The quantitative estimate of drug-likeness (QED) is 0.822. The zero-order valence-corrected chi connectivity index (χ0v) is 9.18. The standard InChI is InChI=1S/C11H11F2N3O/c1-11(12,13)17-8-9-7-16(15-14-9)10-5-3-2-4-6-10/h2-7H,8H2,1H3. The minimum Gasteiger partial charge on any atom is -0.314 e. The zero-order chi connectivity index (χ0) is 12.3. The molecule has 0 saturated heterocycles. The lowest BCUT2D eigenvalue weighted by Crippen LogP contribution is -2.14. The average Bonchev–Trinajstić information content (AvgIpc) is 2.75. The van der Waals surface area contributed by atoms with Crippen molar-refractivity contribution in [2.75, 3.05) is 0 Å². The second-order valence-electron chi connectivity index (χ2n) is 3.59. The summed E-state index contributed by atoms with van der Waals surface area (Å²) in [4.78, 5) is 0. The highest BCUT2D eigenvalue weighted by Crippen LogP contribution is 2.15. The summed E-state index contributed by atoms with van der Waals surface area (Å²) in [5.74, 6) is 0. The first-order valence-corrected chi connectivity index (χ1v) is 5.03. The second-order valence-corrected chi connectivity index (χ2v) is 3.59. The summed E-state index contributed by atoms with van der Waals surface area (Å²) in [5, 5.41) is 7.58. The maximum Gasteiger partial charge on any atom is 0.353 e. The molecule has 0 aliphatic carbocycles. The summed E-state index contributed by atoms with van der Waals surface area (Å²) >= 11 is 0. The maximum absolute atomic E-state index is 12.5. The summed E-state index contributed by atoms with van der Waals surface area (Å²) in [7, 11) is 0. The first-order valence-electron chi connectivity index (χ1n) is 5.03. The van der Waals surface area contributed by atoms with E-state index in [9.17, 15) is 8.78 Å². The highest BCUT2D eigenvalue weighted by atomic mass is 19.3. The van der Waals surface area contributed by atoms with Crippen LogP contribution in [0.15, 0.2) is 36.5 Å². The smallest absolute Gasteiger partial charge is 0.314 e. The first-order chi connectivity index (χ1) is 8.04. The fourth-order valence-electron chi connectivity index (χ4n) is 1.27. The Bertz CT molecular complexity index is 479. The molecule has 0 atom stereocenters. The fourth-order valence-corrected chi connectivity index (χ4v) is 1.27. The summed E-state index contributed by atoms with van der Waals surface area (Å²) < 4.78 is 30.7. The van der Waals surface area contributed by atoms with Gasteiger partial charge in [0, 0.05) is 6.92 Å². The number of hydrogen-bond acceptors (Lipinski definition) is 3. The lowest BCUT2D eigenvalue weighted by atomic mass is 10.3. The van der Waals surface area contributed by atoms with Crippen LogP contribution in [0.2, 0.25) is 0 Å². The highest BCUT2D eigenvalue weighted by molar-refractivity contribution is 5.29. The van der Waals surface area contributed by atoms with Crippen LogP contribution in [0.5, 0.6) is 0 Å². The molecule has 17 heavy (non-hydrogen) atoms. The van der Waals surface area contributed by atoms with Crippen molar-refractivity contribution in [3.63, 3.8) is 0 Å². The van der Waals surface area contributed by atoms with E-state index in [2.05, 4.69) is 15.0 Å². The van der Waals surface area contributed by atoms with Crippen LogP contribution in [0.25, 0.3) is 5.69 Å². The average molecular weight is 239 g/mol. The summed E-state index contributed by atoms with van der Waals surface area (Å²) in [6.07, 6.45) is -1.60. The van der Waals surface area contributed by atoms with Crippen LogP contribution >= 0.6 is 0 Å². The number of aromatic nitrogens is 3. The molecule has 0 spiro atoms. The lowest BCUT2D eigenvalue weighted by molar-refractivity contribution is -0.231. The summed E-state index contributed by atoms with van der Waals surface area (Å²) in [6.45, 7) is 0.422.